The van der Waals surface area contributed by atoms with Crippen LogP contribution < -0.4 is 10.6 Å². The lowest BCUT2D eigenvalue weighted by molar-refractivity contribution is -0.0440. The van der Waals surface area contributed by atoms with Crippen LogP contribution in [0.2, 0.25) is 0 Å². The highest BCUT2D eigenvalue weighted by Crippen LogP contribution is 2.17. The lowest BCUT2D eigenvalue weighted by Crippen LogP contribution is -2.49. The summed E-state index contributed by atoms with van der Waals surface area (Å²) in [6.45, 7) is 8.23. The molecule has 0 aliphatic carbocycles. The molecule has 0 radical (unpaired) electrons. The number of nitrogens with zero attached hydrogens (tertiary/aromatic N) is 2. The number of aromatic nitrogens is 1. The molecule has 8 nitrogen and oxygen atoms in total. The van der Waals surface area contributed by atoms with Gasteiger partial charge in [-0.15, -0.1) is 24.0 Å². The van der Waals surface area contributed by atoms with Crippen LogP contribution in [0.4, 0.5) is 0 Å². The van der Waals surface area contributed by atoms with Crippen LogP contribution in [-0.2, 0) is 21.2 Å². The monoisotopic (exact) mass is 563 g/mol. The van der Waals surface area contributed by atoms with Crippen molar-refractivity contribution in [2.75, 3.05) is 38.5 Å². The number of rotatable bonds is 8. The van der Waals surface area contributed by atoms with E-state index in [1.165, 1.54) is 15.3 Å². The highest BCUT2D eigenvalue weighted by molar-refractivity contribution is 14.0. The smallest absolute Gasteiger partial charge is 0.216 e. The van der Waals surface area contributed by atoms with Crippen molar-refractivity contribution in [1.29, 1.82) is 0 Å². The second-order valence-corrected chi connectivity index (χ2v) is 9.78. The third-order valence-corrected chi connectivity index (χ3v) is 6.89. The van der Waals surface area contributed by atoms with Gasteiger partial charge in [0.25, 0.3) is 0 Å². The van der Waals surface area contributed by atoms with E-state index < -0.39 is 10.0 Å². The topological polar surface area (TPSA) is 98.8 Å². The van der Waals surface area contributed by atoms with Crippen LogP contribution in [0.15, 0.2) is 35.5 Å². The summed E-state index contributed by atoms with van der Waals surface area (Å²) >= 11 is 0. The van der Waals surface area contributed by atoms with Gasteiger partial charge >= 0.3 is 0 Å². The molecule has 0 amide bonds. The Hall–Kier alpha value is -1.37. The molecule has 1 aromatic heterocycles. The molecule has 2 atom stereocenters. The zero-order valence-corrected chi connectivity index (χ0v) is 21.6. The minimum absolute atomic E-state index is 0. The summed E-state index contributed by atoms with van der Waals surface area (Å²) in [5.74, 6) is 0.627. The summed E-state index contributed by atoms with van der Waals surface area (Å²) in [7, 11) is -3.35. The molecule has 2 heterocycles. The first kappa shape index (κ1) is 25.9. The molecular formula is C21H34IN5O3S. The van der Waals surface area contributed by atoms with E-state index in [0.29, 0.717) is 32.1 Å². The number of sulfonamides is 1. The minimum atomic E-state index is -3.35. The number of morpholine rings is 1. The molecule has 2 aromatic rings. The number of hydrogen-bond donors (Lipinski definition) is 3. The quantitative estimate of drug-likeness (QED) is 0.260. The number of nitrogens with one attached hydrogen (secondary N) is 3. The molecule has 174 valence electrons. The Morgan fingerprint density at radius 3 is 2.65 bits per heavy atom. The second-order valence-electron chi connectivity index (χ2n) is 7.69. The average molecular weight is 564 g/mol. The van der Waals surface area contributed by atoms with Gasteiger partial charge in [0, 0.05) is 43.3 Å². The predicted octanol–water partition coefficient (Wildman–Crippen LogP) is 2.32. The van der Waals surface area contributed by atoms with Crippen LogP contribution in [0.5, 0.6) is 0 Å². The minimum Gasteiger partial charge on any atom is -0.373 e. The van der Waals surface area contributed by atoms with Crippen LogP contribution in [0.3, 0.4) is 0 Å². The maximum Gasteiger partial charge on any atom is 0.216 e. The first-order chi connectivity index (χ1) is 14.4. The van der Waals surface area contributed by atoms with E-state index in [1.807, 2.05) is 39.1 Å². The Balaban J connectivity index is 0.00000341. The fraction of sp³-hybridized carbons (Fsp3) is 0.571. The molecule has 0 spiro atoms. The number of halogens is 1. The van der Waals surface area contributed by atoms with Crippen LogP contribution in [0.25, 0.3) is 10.9 Å². The number of benzene rings is 1. The number of ether oxygens (including phenoxy) is 1. The highest BCUT2D eigenvalue weighted by atomic mass is 127. The van der Waals surface area contributed by atoms with Crippen LogP contribution in [0, 0.1) is 0 Å². The SMILES string of the molecule is CCNC(=NCCS(=O)(=O)N1CC(C)OC(C)C1)NCCc1c[nH]c2ccccc12.I. The lowest BCUT2D eigenvalue weighted by Gasteiger charge is -2.34. The third kappa shape index (κ3) is 7.33. The van der Waals surface area contributed by atoms with Gasteiger partial charge in [-0.05, 0) is 38.8 Å². The zero-order chi connectivity index (χ0) is 21.6. The van der Waals surface area contributed by atoms with Crippen LogP contribution in [0.1, 0.15) is 26.3 Å². The van der Waals surface area contributed by atoms with Crippen molar-refractivity contribution in [3.05, 3.63) is 36.0 Å². The Kier molecular flexibility index (Phi) is 10.0. The van der Waals surface area contributed by atoms with E-state index in [9.17, 15) is 8.42 Å². The van der Waals surface area contributed by atoms with E-state index in [-0.39, 0.29) is 48.5 Å². The summed E-state index contributed by atoms with van der Waals surface area (Å²) in [5.41, 5.74) is 2.37. The summed E-state index contributed by atoms with van der Waals surface area (Å²) < 4.78 is 32.5. The average Bonchev–Trinajstić information content (AvgIpc) is 3.10. The fourth-order valence-electron chi connectivity index (χ4n) is 3.76. The molecule has 3 N–H and O–H groups in total. The van der Waals surface area contributed by atoms with E-state index in [2.05, 4.69) is 32.7 Å². The van der Waals surface area contributed by atoms with Gasteiger partial charge in [0.1, 0.15) is 0 Å². The van der Waals surface area contributed by atoms with Crippen molar-refractivity contribution in [3.63, 3.8) is 0 Å². The Morgan fingerprint density at radius 1 is 1.23 bits per heavy atom. The fourth-order valence-corrected chi connectivity index (χ4v) is 5.21. The van der Waals surface area contributed by atoms with Crippen LogP contribution in [-0.4, -0.2) is 74.4 Å². The van der Waals surface area contributed by atoms with E-state index in [4.69, 9.17) is 4.74 Å². The number of guanidine groups is 1. The number of para-hydroxylation sites is 1. The number of H-pyrrole nitrogens is 1. The molecule has 1 aliphatic heterocycles. The molecule has 1 saturated heterocycles. The summed E-state index contributed by atoms with van der Waals surface area (Å²) in [6, 6.07) is 8.23. The van der Waals surface area contributed by atoms with E-state index in [1.54, 1.807) is 0 Å². The molecule has 2 unspecified atom stereocenters. The Bertz CT molecular complexity index is 953. The Morgan fingerprint density at radius 2 is 1.94 bits per heavy atom. The van der Waals surface area contributed by atoms with Crippen molar-refractivity contribution in [1.82, 2.24) is 19.9 Å². The normalized spacial score (nSPS) is 20.4. The molecule has 1 aliphatic rings. The van der Waals surface area contributed by atoms with Crippen molar-refractivity contribution in [2.45, 2.75) is 39.4 Å². The van der Waals surface area contributed by atoms with Crippen molar-refractivity contribution in [2.24, 2.45) is 4.99 Å². The summed E-state index contributed by atoms with van der Waals surface area (Å²) in [5, 5.41) is 7.71. The highest BCUT2D eigenvalue weighted by Gasteiger charge is 2.30. The van der Waals surface area contributed by atoms with Crippen molar-refractivity contribution >= 4 is 50.9 Å². The number of aromatic amines is 1. The Labute approximate surface area is 202 Å². The summed E-state index contributed by atoms with van der Waals surface area (Å²) in [6.07, 6.45) is 2.70. The van der Waals surface area contributed by atoms with Crippen molar-refractivity contribution < 1.29 is 13.2 Å². The first-order valence-electron chi connectivity index (χ1n) is 10.6. The third-order valence-electron chi connectivity index (χ3n) is 5.10. The van der Waals surface area contributed by atoms with Gasteiger partial charge in [0.2, 0.25) is 10.0 Å². The maximum absolute atomic E-state index is 12.7. The zero-order valence-electron chi connectivity index (χ0n) is 18.4. The molecule has 0 bridgehead atoms. The van der Waals surface area contributed by atoms with Gasteiger partial charge in [-0.3, -0.25) is 4.99 Å². The van der Waals surface area contributed by atoms with Gasteiger partial charge in [-0.25, -0.2) is 8.42 Å². The molecule has 31 heavy (non-hydrogen) atoms. The number of fused-ring (bicyclic) bond motifs is 1. The number of hydrogen-bond acceptors (Lipinski definition) is 4. The van der Waals surface area contributed by atoms with Gasteiger partial charge in [0.15, 0.2) is 5.96 Å². The summed E-state index contributed by atoms with van der Waals surface area (Å²) in [4.78, 5) is 7.75. The first-order valence-corrected chi connectivity index (χ1v) is 12.2. The number of aliphatic imine (C=N–C) groups is 1. The van der Waals surface area contributed by atoms with Crippen LogP contribution >= 0.6 is 24.0 Å². The second kappa shape index (κ2) is 12.0. The van der Waals surface area contributed by atoms with Gasteiger partial charge in [-0.2, -0.15) is 4.31 Å². The molecule has 1 fully saturated rings. The van der Waals surface area contributed by atoms with Gasteiger partial charge < -0.3 is 20.4 Å². The van der Waals surface area contributed by atoms with Gasteiger partial charge in [-0.1, -0.05) is 18.2 Å². The standard InChI is InChI=1S/C21H33N5O3S.HI/c1-4-22-21(23-10-9-18-13-25-20-8-6-5-7-19(18)20)24-11-12-30(27,28)26-14-16(2)29-17(3)15-26;/h5-8,13,16-17,25H,4,9-12,14-15H2,1-3H3,(H2,22,23,24);1H. The molecular weight excluding hydrogens is 529 g/mol. The molecule has 0 saturated carbocycles. The van der Waals surface area contributed by atoms with Crippen molar-refractivity contribution in [3.8, 4) is 0 Å². The van der Waals surface area contributed by atoms with E-state index in [0.717, 1.165) is 11.9 Å². The lowest BCUT2D eigenvalue weighted by atomic mass is 10.1. The molecule has 3 rings (SSSR count). The predicted molar refractivity (Wildman–Crippen MR) is 137 cm³/mol. The molecule has 10 heteroatoms. The maximum atomic E-state index is 12.7. The largest absolute Gasteiger partial charge is 0.373 e. The van der Waals surface area contributed by atoms with E-state index >= 15 is 0 Å². The molecule has 1 aromatic carbocycles. The van der Waals surface area contributed by atoms with Gasteiger partial charge in [0.05, 0.1) is 24.5 Å².